The fraction of sp³-hybridized carbons (Fsp3) is 0.550. The molecule has 3 heterocycles. The van der Waals surface area contributed by atoms with E-state index in [1.807, 2.05) is 22.1 Å². The Kier molecular flexibility index (Phi) is 6.49. The van der Waals surface area contributed by atoms with Crippen molar-refractivity contribution < 1.29 is 9.53 Å². The molecule has 0 spiro atoms. The van der Waals surface area contributed by atoms with Crippen LogP contribution in [0.4, 0.5) is 0 Å². The molecule has 28 heavy (non-hydrogen) atoms. The molecule has 4 rings (SSSR count). The SMILES string of the molecule is O=C(CSc1nc(=O)n(Cc2cccs2)c2c1CCCC2)NC[C@H]1CCCO1. The van der Waals surface area contributed by atoms with Gasteiger partial charge in [0.05, 0.1) is 18.4 Å². The second-order valence-electron chi connectivity index (χ2n) is 7.23. The van der Waals surface area contributed by atoms with Crippen LogP contribution in [0.25, 0.3) is 0 Å². The number of amides is 1. The number of hydrogen-bond acceptors (Lipinski definition) is 6. The fourth-order valence-corrected chi connectivity index (χ4v) is 5.41. The van der Waals surface area contributed by atoms with Crippen molar-refractivity contribution in [2.45, 2.75) is 56.2 Å². The minimum absolute atomic E-state index is 0.0328. The summed E-state index contributed by atoms with van der Waals surface area (Å²) in [7, 11) is 0. The Hall–Kier alpha value is -1.64. The zero-order valence-electron chi connectivity index (χ0n) is 15.8. The third kappa shape index (κ3) is 4.67. The van der Waals surface area contributed by atoms with Gasteiger partial charge in [0.25, 0.3) is 0 Å². The number of rotatable bonds is 7. The number of hydrogen-bond donors (Lipinski definition) is 1. The molecule has 6 nitrogen and oxygen atoms in total. The van der Waals surface area contributed by atoms with Crippen LogP contribution in [0.5, 0.6) is 0 Å². The lowest BCUT2D eigenvalue weighted by Gasteiger charge is -2.22. The largest absolute Gasteiger partial charge is 0.376 e. The molecule has 0 bridgehead atoms. The van der Waals surface area contributed by atoms with Gasteiger partial charge < -0.3 is 10.1 Å². The van der Waals surface area contributed by atoms with E-state index in [-0.39, 0.29) is 23.5 Å². The first-order valence-corrected chi connectivity index (χ1v) is 11.7. The lowest BCUT2D eigenvalue weighted by molar-refractivity contribution is -0.119. The van der Waals surface area contributed by atoms with Crippen molar-refractivity contribution in [3.63, 3.8) is 0 Å². The first kappa shape index (κ1) is 19.7. The molecule has 8 heteroatoms. The standard InChI is InChI=1S/C20H25N3O3S2/c24-18(21-11-14-5-3-9-26-14)13-28-19-16-7-1-2-8-17(16)23(20(25)22-19)12-15-6-4-10-27-15/h4,6,10,14H,1-3,5,7-9,11-13H2,(H,21,24)/t14-/m1/s1. The van der Waals surface area contributed by atoms with Gasteiger partial charge in [0.1, 0.15) is 5.03 Å². The fourth-order valence-electron chi connectivity index (χ4n) is 3.81. The summed E-state index contributed by atoms with van der Waals surface area (Å²) in [6, 6.07) is 4.05. The van der Waals surface area contributed by atoms with E-state index in [0.717, 1.165) is 66.3 Å². The Morgan fingerprint density at radius 1 is 1.36 bits per heavy atom. The summed E-state index contributed by atoms with van der Waals surface area (Å²) in [4.78, 5) is 30.4. The van der Waals surface area contributed by atoms with Gasteiger partial charge in [0.2, 0.25) is 5.91 Å². The van der Waals surface area contributed by atoms with E-state index >= 15 is 0 Å². The zero-order chi connectivity index (χ0) is 19.3. The number of nitrogens with zero attached hydrogens (tertiary/aromatic N) is 2. The Morgan fingerprint density at radius 3 is 3.04 bits per heavy atom. The number of ether oxygens (including phenoxy) is 1. The Labute approximate surface area is 172 Å². The van der Waals surface area contributed by atoms with Crippen molar-refractivity contribution in [3.05, 3.63) is 44.1 Å². The molecule has 2 aliphatic rings. The number of thiophene rings is 1. The van der Waals surface area contributed by atoms with E-state index in [0.29, 0.717) is 13.1 Å². The van der Waals surface area contributed by atoms with E-state index in [4.69, 9.17) is 4.74 Å². The molecule has 2 aromatic rings. The van der Waals surface area contributed by atoms with Gasteiger partial charge >= 0.3 is 5.69 Å². The average Bonchev–Trinajstić information content (AvgIpc) is 3.41. The molecular weight excluding hydrogens is 394 g/mol. The number of aromatic nitrogens is 2. The van der Waals surface area contributed by atoms with Crippen LogP contribution in [0.2, 0.25) is 0 Å². The Bertz CT molecular complexity index is 874. The number of carbonyl (C=O) groups is 1. The first-order chi connectivity index (χ1) is 13.7. The smallest absolute Gasteiger partial charge is 0.349 e. The summed E-state index contributed by atoms with van der Waals surface area (Å²) in [5, 5.41) is 5.69. The maximum Gasteiger partial charge on any atom is 0.349 e. The second-order valence-corrected chi connectivity index (χ2v) is 9.22. The third-order valence-corrected chi connectivity index (χ3v) is 7.11. The van der Waals surface area contributed by atoms with E-state index in [1.165, 1.54) is 11.8 Å². The van der Waals surface area contributed by atoms with E-state index < -0.39 is 0 Å². The van der Waals surface area contributed by atoms with Crippen LogP contribution < -0.4 is 11.0 Å². The predicted octanol–water partition coefficient (Wildman–Crippen LogP) is 2.62. The van der Waals surface area contributed by atoms with E-state index in [9.17, 15) is 9.59 Å². The summed E-state index contributed by atoms with van der Waals surface area (Å²) in [6.07, 6.45) is 6.22. The van der Waals surface area contributed by atoms with Gasteiger partial charge in [-0.2, -0.15) is 4.98 Å². The van der Waals surface area contributed by atoms with Gasteiger partial charge in [-0.1, -0.05) is 17.8 Å². The second kappa shape index (κ2) is 9.24. The molecule has 1 saturated heterocycles. The van der Waals surface area contributed by atoms with Gasteiger partial charge in [-0.05, 0) is 50.0 Å². The molecular formula is C20H25N3O3S2. The third-order valence-electron chi connectivity index (χ3n) is 5.24. The molecule has 0 aromatic carbocycles. The highest BCUT2D eigenvalue weighted by atomic mass is 32.2. The highest BCUT2D eigenvalue weighted by Crippen LogP contribution is 2.29. The molecule has 0 saturated carbocycles. The van der Waals surface area contributed by atoms with Crippen LogP contribution in [0.15, 0.2) is 27.3 Å². The molecule has 1 atom stereocenters. The molecule has 0 unspecified atom stereocenters. The quantitative estimate of drug-likeness (QED) is 0.552. The van der Waals surface area contributed by atoms with Crippen molar-refractivity contribution in [2.75, 3.05) is 18.9 Å². The highest BCUT2D eigenvalue weighted by molar-refractivity contribution is 7.99. The summed E-state index contributed by atoms with van der Waals surface area (Å²) in [5.74, 6) is 0.246. The minimum atomic E-state index is -0.212. The maximum absolute atomic E-state index is 12.7. The van der Waals surface area contributed by atoms with Gasteiger partial charge in [-0.15, -0.1) is 11.3 Å². The normalized spacial score (nSPS) is 18.8. The Morgan fingerprint density at radius 2 is 2.25 bits per heavy atom. The summed E-state index contributed by atoms with van der Waals surface area (Å²) < 4.78 is 7.36. The molecule has 1 fully saturated rings. The number of fused-ring (bicyclic) bond motifs is 1. The molecule has 150 valence electrons. The van der Waals surface area contributed by atoms with Crippen LogP contribution in [0.3, 0.4) is 0 Å². The van der Waals surface area contributed by atoms with Gasteiger partial charge in [-0.3, -0.25) is 9.36 Å². The van der Waals surface area contributed by atoms with Crippen LogP contribution in [0, 0.1) is 0 Å². The van der Waals surface area contributed by atoms with Crippen molar-refractivity contribution in [3.8, 4) is 0 Å². The lowest BCUT2D eigenvalue weighted by atomic mass is 9.97. The number of nitrogens with one attached hydrogen (secondary N) is 1. The van der Waals surface area contributed by atoms with Gasteiger partial charge in [0.15, 0.2) is 0 Å². The Balaban J connectivity index is 1.45. The zero-order valence-corrected chi connectivity index (χ0v) is 17.4. The molecule has 1 amide bonds. The average molecular weight is 420 g/mol. The monoisotopic (exact) mass is 419 g/mol. The van der Waals surface area contributed by atoms with Crippen molar-refractivity contribution >= 4 is 29.0 Å². The summed E-state index contributed by atoms with van der Waals surface area (Å²) in [6.45, 7) is 1.93. The first-order valence-electron chi connectivity index (χ1n) is 9.87. The molecule has 1 aliphatic carbocycles. The molecule has 1 N–H and O–H groups in total. The van der Waals surface area contributed by atoms with E-state index in [2.05, 4.69) is 10.3 Å². The number of thioether (sulfide) groups is 1. The lowest BCUT2D eigenvalue weighted by Crippen LogP contribution is -2.33. The summed E-state index contributed by atoms with van der Waals surface area (Å²) in [5.41, 5.74) is 2.04. The minimum Gasteiger partial charge on any atom is -0.376 e. The van der Waals surface area contributed by atoms with Gasteiger partial charge in [-0.25, -0.2) is 4.79 Å². The van der Waals surface area contributed by atoms with E-state index in [1.54, 1.807) is 11.3 Å². The van der Waals surface area contributed by atoms with Crippen molar-refractivity contribution in [2.24, 2.45) is 0 Å². The summed E-state index contributed by atoms with van der Waals surface area (Å²) >= 11 is 3.04. The van der Waals surface area contributed by atoms with Crippen LogP contribution >= 0.6 is 23.1 Å². The predicted molar refractivity (Wildman–Crippen MR) is 111 cm³/mol. The van der Waals surface area contributed by atoms with Crippen molar-refractivity contribution in [1.82, 2.24) is 14.9 Å². The molecule has 0 radical (unpaired) electrons. The van der Waals surface area contributed by atoms with Crippen LogP contribution in [-0.2, 0) is 28.9 Å². The van der Waals surface area contributed by atoms with Gasteiger partial charge in [0, 0.05) is 29.3 Å². The molecule has 2 aromatic heterocycles. The maximum atomic E-state index is 12.7. The van der Waals surface area contributed by atoms with Crippen LogP contribution in [0.1, 0.15) is 41.8 Å². The van der Waals surface area contributed by atoms with Crippen LogP contribution in [-0.4, -0.2) is 40.5 Å². The molecule has 1 aliphatic heterocycles. The number of carbonyl (C=O) groups excluding carboxylic acids is 1. The topological polar surface area (TPSA) is 73.2 Å². The van der Waals surface area contributed by atoms with Crippen molar-refractivity contribution in [1.29, 1.82) is 0 Å². The highest BCUT2D eigenvalue weighted by Gasteiger charge is 2.22.